The second-order valence-corrected chi connectivity index (χ2v) is 4.46. The third-order valence-electron chi connectivity index (χ3n) is 3.37. The van der Waals surface area contributed by atoms with Crippen LogP contribution in [-0.4, -0.2) is 34.0 Å². The molecule has 0 atom stereocenters. The Hall–Kier alpha value is -2.30. The number of nitrogens with zero attached hydrogens (tertiary/aromatic N) is 3. The fourth-order valence-corrected chi connectivity index (χ4v) is 2.34. The molecule has 0 radical (unpaired) electrons. The molecule has 1 aliphatic rings. The Labute approximate surface area is 111 Å². The van der Waals surface area contributed by atoms with Gasteiger partial charge in [0.1, 0.15) is 11.6 Å². The summed E-state index contributed by atoms with van der Waals surface area (Å²) in [6, 6.07) is 7.31. The lowest BCUT2D eigenvalue weighted by Crippen LogP contribution is -2.38. The van der Waals surface area contributed by atoms with Crippen LogP contribution in [0.3, 0.4) is 0 Å². The Morgan fingerprint density at radius 3 is 3.00 bits per heavy atom. The summed E-state index contributed by atoms with van der Waals surface area (Å²) < 4.78 is 7.32. The topological polar surface area (TPSA) is 47.4 Å². The molecule has 1 aromatic heterocycles. The van der Waals surface area contributed by atoms with Gasteiger partial charge < -0.3 is 14.2 Å². The second kappa shape index (κ2) is 4.76. The number of hydrogen-bond donors (Lipinski definition) is 0. The third-order valence-corrected chi connectivity index (χ3v) is 3.37. The van der Waals surface area contributed by atoms with Crippen LogP contribution in [0.1, 0.15) is 16.2 Å². The second-order valence-electron chi connectivity index (χ2n) is 4.46. The number of fused-ring (bicyclic) bond motifs is 1. The standard InChI is InChI=1S/C14H15N3O2/c1-19-12-5-3-2-4-11(12)14(18)17-9-8-16-7-6-15-13(16)10-17/h2-7H,8-10H2,1H3. The summed E-state index contributed by atoms with van der Waals surface area (Å²) in [6.45, 7) is 2.03. The number of para-hydroxylation sites is 1. The first kappa shape index (κ1) is 11.8. The molecule has 1 aliphatic heterocycles. The van der Waals surface area contributed by atoms with Crippen molar-refractivity contribution >= 4 is 5.91 Å². The van der Waals surface area contributed by atoms with E-state index in [2.05, 4.69) is 9.55 Å². The van der Waals surface area contributed by atoms with E-state index in [1.807, 2.05) is 18.3 Å². The van der Waals surface area contributed by atoms with Crippen LogP contribution in [0, 0.1) is 0 Å². The van der Waals surface area contributed by atoms with Crippen LogP contribution in [-0.2, 0) is 13.1 Å². The van der Waals surface area contributed by atoms with Crippen LogP contribution in [0.2, 0.25) is 0 Å². The molecule has 3 rings (SSSR count). The number of methoxy groups -OCH3 is 1. The van der Waals surface area contributed by atoms with Gasteiger partial charge >= 0.3 is 0 Å². The summed E-state index contributed by atoms with van der Waals surface area (Å²) in [6.07, 6.45) is 3.71. The predicted octanol–water partition coefficient (Wildman–Crippen LogP) is 1.55. The number of carbonyl (C=O) groups is 1. The number of amides is 1. The van der Waals surface area contributed by atoms with Crippen molar-refractivity contribution in [3.63, 3.8) is 0 Å². The van der Waals surface area contributed by atoms with E-state index in [-0.39, 0.29) is 5.91 Å². The monoisotopic (exact) mass is 257 g/mol. The van der Waals surface area contributed by atoms with Gasteiger partial charge in [0.05, 0.1) is 19.2 Å². The molecule has 0 saturated heterocycles. The zero-order valence-electron chi connectivity index (χ0n) is 10.7. The Morgan fingerprint density at radius 2 is 2.16 bits per heavy atom. The van der Waals surface area contributed by atoms with Crippen molar-refractivity contribution in [2.75, 3.05) is 13.7 Å². The number of imidazole rings is 1. The normalized spacial score (nSPS) is 14.1. The smallest absolute Gasteiger partial charge is 0.258 e. The Balaban J connectivity index is 1.85. The maximum Gasteiger partial charge on any atom is 0.258 e. The van der Waals surface area contributed by atoms with Crippen molar-refractivity contribution in [3.8, 4) is 5.75 Å². The molecule has 0 N–H and O–H groups in total. The van der Waals surface area contributed by atoms with Crippen LogP contribution in [0.5, 0.6) is 5.75 Å². The van der Waals surface area contributed by atoms with Crippen LogP contribution >= 0.6 is 0 Å². The predicted molar refractivity (Wildman–Crippen MR) is 70.0 cm³/mol. The van der Waals surface area contributed by atoms with Gasteiger partial charge in [0.25, 0.3) is 5.91 Å². The average molecular weight is 257 g/mol. The van der Waals surface area contributed by atoms with Crippen molar-refractivity contribution in [2.45, 2.75) is 13.1 Å². The minimum atomic E-state index is -0.00769. The Kier molecular flexibility index (Phi) is 2.95. The summed E-state index contributed by atoms with van der Waals surface area (Å²) in [5.41, 5.74) is 0.602. The number of ether oxygens (including phenoxy) is 1. The lowest BCUT2D eigenvalue weighted by Gasteiger charge is -2.28. The molecule has 19 heavy (non-hydrogen) atoms. The van der Waals surface area contributed by atoms with Gasteiger partial charge in [-0.1, -0.05) is 12.1 Å². The number of rotatable bonds is 2. The van der Waals surface area contributed by atoms with Crippen molar-refractivity contribution in [3.05, 3.63) is 48.0 Å². The molecule has 1 amide bonds. The maximum absolute atomic E-state index is 12.5. The van der Waals surface area contributed by atoms with Crippen molar-refractivity contribution in [1.82, 2.24) is 14.5 Å². The lowest BCUT2D eigenvalue weighted by molar-refractivity contribution is 0.0704. The molecule has 0 unspecified atom stereocenters. The Morgan fingerprint density at radius 1 is 1.32 bits per heavy atom. The molecular weight excluding hydrogens is 242 g/mol. The first-order valence-electron chi connectivity index (χ1n) is 6.22. The molecule has 0 saturated carbocycles. The summed E-state index contributed by atoms with van der Waals surface area (Å²) in [4.78, 5) is 18.6. The minimum absolute atomic E-state index is 0.00769. The first-order chi connectivity index (χ1) is 9.29. The van der Waals surface area contributed by atoms with E-state index >= 15 is 0 Å². The van der Waals surface area contributed by atoms with Crippen molar-refractivity contribution < 1.29 is 9.53 Å². The third kappa shape index (κ3) is 2.07. The van der Waals surface area contributed by atoms with E-state index in [9.17, 15) is 4.79 Å². The molecule has 98 valence electrons. The zero-order valence-corrected chi connectivity index (χ0v) is 10.7. The largest absolute Gasteiger partial charge is 0.496 e. The molecule has 0 fully saturated rings. The van der Waals surface area contributed by atoms with Crippen molar-refractivity contribution in [2.24, 2.45) is 0 Å². The number of benzene rings is 1. The summed E-state index contributed by atoms with van der Waals surface area (Å²) >= 11 is 0. The highest BCUT2D eigenvalue weighted by atomic mass is 16.5. The molecule has 5 heteroatoms. The van der Waals surface area contributed by atoms with Crippen LogP contribution in [0.15, 0.2) is 36.7 Å². The molecular formula is C14H15N3O2. The molecule has 0 bridgehead atoms. The van der Waals surface area contributed by atoms with Gasteiger partial charge in [0.15, 0.2) is 0 Å². The van der Waals surface area contributed by atoms with Crippen molar-refractivity contribution in [1.29, 1.82) is 0 Å². The molecule has 0 spiro atoms. The van der Waals surface area contributed by atoms with E-state index in [0.717, 1.165) is 12.4 Å². The highest BCUT2D eigenvalue weighted by molar-refractivity contribution is 5.96. The van der Waals surface area contributed by atoms with Gasteiger partial charge in [-0.2, -0.15) is 0 Å². The summed E-state index contributed by atoms with van der Waals surface area (Å²) in [5, 5.41) is 0. The highest BCUT2D eigenvalue weighted by Crippen LogP contribution is 2.21. The molecule has 5 nitrogen and oxygen atoms in total. The molecule has 0 aliphatic carbocycles. The van der Waals surface area contributed by atoms with E-state index < -0.39 is 0 Å². The quantitative estimate of drug-likeness (QED) is 0.820. The first-order valence-corrected chi connectivity index (χ1v) is 6.22. The SMILES string of the molecule is COc1ccccc1C(=O)N1CCn2ccnc2C1. The van der Waals surface area contributed by atoms with Gasteiger partial charge in [0, 0.05) is 25.5 Å². The Bertz CT molecular complexity index is 606. The fourth-order valence-electron chi connectivity index (χ4n) is 2.34. The van der Waals surface area contributed by atoms with Gasteiger partial charge in [-0.15, -0.1) is 0 Å². The zero-order chi connectivity index (χ0) is 13.2. The maximum atomic E-state index is 12.5. The summed E-state index contributed by atoms with van der Waals surface area (Å²) in [7, 11) is 1.58. The minimum Gasteiger partial charge on any atom is -0.496 e. The fraction of sp³-hybridized carbons (Fsp3) is 0.286. The van der Waals surface area contributed by atoms with Crippen LogP contribution < -0.4 is 4.74 Å². The number of carbonyl (C=O) groups excluding carboxylic acids is 1. The van der Waals surface area contributed by atoms with Gasteiger partial charge in [-0.3, -0.25) is 4.79 Å². The number of aromatic nitrogens is 2. The lowest BCUT2D eigenvalue weighted by atomic mass is 10.1. The van der Waals surface area contributed by atoms with Gasteiger partial charge in [-0.05, 0) is 12.1 Å². The molecule has 1 aromatic carbocycles. The highest BCUT2D eigenvalue weighted by Gasteiger charge is 2.24. The van der Waals surface area contributed by atoms with Crippen LogP contribution in [0.4, 0.5) is 0 Å². The van der Waals surface area contributed by atoms with E-state index in [0.29, 0.717) is 24.4 Å². The van der Waals surface area contributed by atoms with E-state index in [1.54, 1.807) is 30.3 Å². The summed E-state index contributed by atoms with van der Waals surface area (Å²) in [5.74, 6) is 1.53. The van der Waals surface area contributed by atoms with E-state index in [4.69, 9.17) is 4.74 Å². The van der Waals surface area contributed by atoms with E-state index in [1.165, 1.54) is 0 Å². The average Bonchev–Trinajstić information content (AvgIpc) is 2.93. The molecule has 2 heterocycles. The molecule has 2 aromatic rings. The number of hydrogen-bond acceptors (Lipinski definition) is 3. The van der Waals surface area contributed by atoms with Gasteiger partial charge in [0.2, 0.25) is 0 Å². The van der Waals surface area contributed by atoms with Crippen LogP contribution in [0.25, 0.3) is 0 Å². The van der Waals surface area contributed by atoms with Gasteiger partial charge in [-0.25, -0.2) is 4.98 Å².